The predicted octanol–water partition coefficient (Wildman–Crippen LogP) is 5.02. The maximum absolute atomic E-state index is 12.0. The van der Waals surface area contributed by atoms with Crippen LogP contribution >= 0.6 is 0 Å². The molecule has 0 saturated carbocycles. The Morgan fingerprint density at radius 2 is 1.23 bits per heavy atom. The molecule has 2 rings (SSSR count). The predicted molar refractivity (Wildman–Crippen MR) is 87.2 cm³/mol. The highest BCUT2D eigenvalue weighted by Gasteiger charge is 2.08. The fourth-order valence-electron chi connectivity index (χ4n) is 2.94. The molecule has 0 aromatic carbocycles. The summed E-state index contributed by atoms with van der Waals surface area (Å²) < 4.78 is 11.0. The Kier molecular flexibility index (Phi) is 5.64. The van der Waals surface area contributed by atoms with Crippen LogP contribution in [0.1, 0.15) is 59.9 Å². The van der Waals surface area contributed by atoms with E-state index in [4.69, 9.17) is 8.83 Å². The number of furan rings is 2. The van der Waals surface area contributed by atoms with Crippen LogP contribution in [0.15, 0.2) is 21.0 Å². The van der Waals surface area contributed by atoms with E-state index in [9.17, 15) is 4.79 Å². The van der Waals surface area contributed by atoms with Crippen LogP contribution in [0.3, 0.4) is 0 Å². The monoisotopic (exact) mass is 302 g/mol. The molecule has 0 N–H and O–H groups in total. The van der Waals surface area contributed by atoms with Crippen molar-refractivity contribution in [2.45, 2.75) is 66.2 Å². The lowest BCUT2D eigenvalue weighted by atomic mass is 10.0. The molecule has 0 atom stereocenters. The van der Waals surface area contributed by atoms with Gasteiger partial charge < -0.3 is 8.83 Å². The van der Waals surface area contributed by atoms with E-state index in [1.54, 1.807) is 0 Å². The molecule has 0 unspecified atom stereocenters. The molecule has 0 aliphatic carbocycles. The Bertz CT molecular complexity index is 577. The number of aryl methyl sites for hydroxylation is 6. The minimum absolute atomic E-state index is 0.357. The van der Waals surface area contributed by atoms with Gasteiger partial charge in [-0.1, -0.05) is 0 Å². The van der Waals surface area contributed by atoms with Gasteiger partial charge in [-0.3, -0.25) is 4.79 Å². The third kappa shape index (κ3) is 4.62. The topological polar surface area (TPSA) is 43.4 Å². The highest BCUT2D eigenvalue weighted by Crippen LogP contribution is 2.18. The molecule has 0 radical (unpaired) electrons. The first-order valence-corrected chi connectivity index (χ1v) is 8.09. The lowest BCUT2D eigenvalue weighted by Gasteiger charge is -2.01. The van der Waals surface area contributed by atoms with E-state index in [0.29, 0.717) is 18.6 Å². The second-order valence-electron chi connectivity index (χ2n) is 6.12. The lowest BCUT2D eigenvalue weighted by molar-refractivity contribution is -0.119. The van der Waals surface area contributed by atoms with Gasteiger partial charge in [0, 0.05) is 12.8 Å². The maximum Gasteiger partial charge on any atom is 0.132 e. The van der Waals surface area contributed by atoms with Crippen LogP contribution in [-0.4, -0.2) is 5.78 Å². The second-order valence-corrected chi connectivity index (χ2v) is 6.12. The van der Waals surface area contributed by atoms with Gasteiger partial charge in [0.15, 0.2) is 0 Å². The Morgan fingerprint density at radius 3 is 1.55 bits per heavy atom. The summed E-state index contributed by atoms with van der Waals surface area (Å²) >= 11 is 0. The van der Waals surface area contributed by atoms with Gasteiger partial charge in [-0.2, -0.15) is 0 Å². The normalized spacial score (nSPS) is 11.1. The molecular formula is C19H26O3. The van der Waals surface area contributed by atoms with Crippen LogP contribution in [0, 0.1) is 27.7 Å². The van der Waals surface area contributed by atoms with Gasteiger partial charge in [-0.25, -0.2) is 0 Å². The average molecular weight is 302 g/mol. The first-order valence-electron chi connectivity index (χ1n) is 8.09. The van der Waals surface area contributed by atoms with Crippen molar-refractivity contribution in [3.8, 4) is 0 Å². The number of Topliss-reactive ketones (excluding diaryl/α,β-unsaturated/α-hetero) is 1. The zero-order valence-electron chi connectivity index (χ0n) is 14.1. The van der Waals surface area contributed by atoms with Gasteiger partial charge in [0.05, 0.1) is 0 Å². The van der Waals surface area contributed by atoms with Gasteiger partial charge in [-0.05, 0) is 76.6 Å². The SMILES string of the molecule is Cc1cc(CCCC(=O)CCCc2cc(C)oc2C)c(C)o1. The molecule has 0 bridgehead atoms. The van der Waals surface area contributed by atoms with Crippen molar-refractivity contribution in [2.24, 2.45) is 0 Å². The minimum atomic E-state index is 0.357. The van der Waals surface area contributed by atoms with Crippen molar-refractivity contribution in [3.05, 3.63) is 46.3 Å². The van der Waals surface area contributed by atoms with E-state index in [1.807, 2.05) is 27.7 Å². The maximum atomic E-state index is 12.0. The van der Waals surface area contributed by atoms with Gasteiger partial charge in [0.1, 0.15) is 28.8 Å². The molecule has 120 valence electrons. The van der Waals surface area contributed by atoms with Gasteiger partial charge in [-0.15, -0.1) is 0 Å². The van der Waals surface area contributed by atoms with Crippen molar-refractivity contribution in [2.75, 3.05) is 0 Å². The van der Waals surface area contributed by atoms with Crippen LogP contribution in [0.5, 0.6) is 0 Å². The third-order valence-corrected chi connectivity index (χ3v) is 4.09. The fraction of sp³-hybridized carbons (Fsp3) is 0.526. The van der Waals surface area contributed by atoms with Gasteiger partial charge >= 0.3 is 0 Å². The molecule has 0 aliphatic heterocycles. The smallest absolute Gasteiger partial charge is 0.132 e. The summed E-state index contributed by atoms with van der Waals surface area (Å²) in [5, 5.41) is 0. The summed E-state index contributed by atoms with van der Waals surface area (Å²) in [6, 6.07) is 4.15. The summed E-state index contributed by atoms with van der Waals surface area (Å²) in [7, 11) is 0. The van der Waals surface area contributed by atoms with Crippen molar-refractivity contribution in [3.63, 3.8) is 0 Å². The highest BCUT2D eigenvalue weighted by molar-refractivity contribution is 5.78. The van der Waals surface area contributed by atoms with Crippen molar-refractivity contribution in [1.82, 2.24) is 0 Å². The number of rotatable bonds is 8. The van der Waals surface area contributed by atoms with Crippen LogP contribution in [0.4, 0.5) is 0 Å². The quantitative estimate of drug-likeness (QED) is 0.687. The van der Waals surface area contributed by atoms with E-state index < -0.39 is 0 Å². The Labute approximate surface area is 132 Å². The summed E-state index contributed by atoms with van der Waals surface area (Å²) in [6.45, 7) is 7.89. The largest absolute Gasteiger partial charge is 0.466 e. The Balaban J connectivity index is 1.66. The fourth-order valence-corrected chi connectivity index (χ4v) is 2.94. The van der Waals surface area contributed by atoms with Crippen molar-refractivity contribution < 1.29 is 13.6 Å². The molecule has 3 nitrogen and oxygen atoms in total. The molecule has 2 heterocycles. The number of hydrogen-bond donors (Lipinski definition) is 0. The van der Waals surface area contributed by atoms with E-state index in [-0.39, 0.29) is 0 Å². The standard InChI is InChI=1S/C19H26O3/c1-13-11-17(15(3)21-13)7-5-9-19(20)10-6-8-18-12-14(2)22-16(18)4/h11-12H,5-10H2,1-4H3. The molecule has 3 heteroatoms. The molecule has 22 heavy (non-hydrogen) atoms. The third-order valence-electron chi connectivity index (χ3n) is 4.09. The van der Waals surface area contributed by atoms with Crippen molar-refractivity contribution >= 4 is 5.78 Å². The van der Waals surface area contributed by atoms with E-state index in [0.717, 1.165) is 48.7 Å². The van der Waals surface area contributed by atoms with E-state index >= 15 is 0 Å². The average Bonchev–Trinajstić information content (AvgIpc) is 2.92. The molecule has 0 saturated heterocycles. The minimum Gasteiger partial charge on any atom is -0.466 e. The second kappa shape index (κ2) is 7.48. The lowest BCUT2D eigenvalue weighted by Crippen LogP contribution is -2.00. The van der Waals surface area contributed by atoms with Gasteiger partial charge in [0.25, 0.3) is 0 Å². The Morgan fingerprint density at radius 1 is 0.818 bits per heavy atom. The molecule has 0 spiro atoms. The molecular weight excluding hydrogens is 276 g/mol. The number of carbonyl (C=O) groups is 1. The summed E-state index contributed by atoms with van der Waals surface area (Å²) in [5.74, 6) is 4.22. The van der Waals surface area contributed by atoms with Crippen molar-refractivity contribution in [1.29, 1.82) is 0 Å². The molecule has 0 fully saturated rings. The van der Waals surface area contributed by atoms with Crippen LogP contribution in [0.2, 0.25) is 0 Å². The molecule has 0 amide bonds. The first-order chi connectivity index (χ1) is 10.5. The number of hydrogen-bond acceptors (Lipinski definition) is 3. The highest BCUT2D eigenvalue weighted by atomic mass is 16.3. The number of carbonyl (C=O) groups excluding carboxylic acids is 1. The van der Waals surface area contributed by atoms with E-state index in [2.05, 4.69) is 12.1 Å². The first kappa shape index (κ1) is 16.6. The molecule has 2 aromatic rings. The molecule has 2 aromatic heterocycles. The summed E-state index contributed by atoms with van der Waals surface area (Å²) in [4.78, 5) is 12.0. The number of ketones is 1. The van der Waals surface area contributed by atoms with Crippen LogP contribution in [0.25, 0.3) is 0 Å². The van der Waals surface area contributed by atoms with Gasteiger partial charge in [0.2, 0.25) is 0 Å². The summed E-state index contributed by atoms with van der Waals surface area (Å²) in [5.41, 5.74) is 2.46. The zero-order valence-corrected chi connectivity index (χ0v) is 14.1. The zero-order chi connectivity index (χ0) is 16.1. The molecule has 0 aliphatic rings. The van der Waals surface area contributed by atoms with Crippen LogP contribution < -0.4 is 0 Å². The van der Waals surface area contributed by atoms with E-state index in [1.165, 1.54) is 11.1 Å². The Hall–Kier alpha value is -1.77. The van der Waals surface area contributed by atoms with Crippen LogP contribution in [-0.2, 0) is 17.6 Å². The summed E-state index contributed by atoms with van der Waals surface area (Å²) in [6.07, 6.45) is 4.98.